The maximum Gasteiger partial charge on any atom is 0.193 e. The number of carbonyl (C=O) groups is 1. The van der Waals surface area contributed by atoms with Crippen LogP contribution < -0.4 is 4.74 Å². The van der Waals surface area contributed by atoms with Crippen molar-refractivity contribution in [2.24, 2.45) is 0 Å². The molecule has 2 aromatic carbocycles. The van der Waals surface area contributed by atoms with E-state index in [-0.39, 0.29) is 17.6 Å². The maximum absolute atomic E-state index is 12.3. The summed E-state index contributed by atoms with van der Waals surface area (Å²) in [4.78, 5) is 12.3. The molecule has 0 radical (unpaired) electrons. The Morgan fingerprint density at radius 3 is 1.90 bits per heavy atom. The molecule has 2 rings (SSSR count). The number of aromatic hydroxyl groups is 1. The van der Waals surface area contributed by atoms with Crippen LogP contribution in [0, 0.1) is 0 Å². The zero-order valence-electron chi connectivity index (χ0n) is 12.4. The van der Waals surface area contributed by atoms with Crippen LogP contribution in [0.25, 0.3) is 0 Å². The van der Waals surface area contributed by atoms with Crippen molar-refractivity contribution in [1.29, 1.82) is 0 Å². The van der Waals surface area contributed by atoms with Crippen LogP contribution >= 0.6 is 0 Å². The van der Waals surface area contributed by atoms with Crippen LogP contribution in [0.2, 0.25) is 0 Å². The molecule has 0 unspecified atom stereocenters. The van der Waals surface area contributed by atoms with Crippen LogP contribution in [0.15, 0.2) is 48.5 Å². The number of ketones is 1. The molecule has 3 nitrogen and oxygen atoms in total. The van der Waals surface area contributed by atoms with Crippen molar-refractivity contribution in [2.75, 3.05) is 0 Å². The van der Waals surface area contributed by atoms with Crippen molar-refractivity contribution in [3.8, 4) is 11.5 Å². The fourth-order valence-corrected chi connectivity index (χ4v) is 2.11. The predicted molar refractivity (Wildman–Crippen MR) is 83.0 cm³/mol. The van der Waals surface area contributed by atoms with Crippen LogP contribution in [-0.2, 0) is 0 Å². The van der Waals surface area contributed by atoms with E-state index in [1.165, 1.54) is 12.1 Å². The van der Waals surface area contributed by atoms with Gasteiger partial charge in [-0.25, -0.2) is 0 Å². The van der Waals surface area contributed by atoms with E-state index in [9.17, 15) is 9.90 Å². The molecular weight excluding hydrogens is 264 g/mol. The molecule has 0 saturated carbocycles. The maximum atomic E-state index is 12.3. The molecule has 0 aliphatic heterocycles. The Morgan fingerprint density at radius 1 is 0.952 bits per heavy atom. The first-order chi connectivity index (χ1) is 10.1. The third-order valence-corrected chi connectivity index (χ3v) is 3.46. The Hall–Kier alpha value is -2.29. The first kappa shape index (κ1) is 15.1. The van der Waals surface area contributed by atoms with E-state index in [1.54, 1.807) is 24.3 Å². The zero-order chi connectivity index (χ0) is 15.2. The van der Waals surface area contributed by atoms with Crippen molar-refractivity contribution >= 4 is 5.78 Å². The molecule has 0 aliphatic rings. The minimum absolute atomic E-state index is 0.0657. The summed E-state index contributed by atoms with van der Waals surface area (Å²) >= 11 is 0. The van der Waals surface area contributed by atoms with E-state index >= 15 is 0 Å². The summed E-state index contributed by atoms with van der Waals surface area (Å²) in [6.07, 6.45) is 2.14. The number of benzene rings is 2. The summed E-state index contributed by atoms with van der Waals surface area (Å²) in [6, 6.07) is 13.5. The quantitative estimate of drug-likeness (QED) is 0.809. The number of phenols is 1. The van der Waals surface area contributed by atoms with Crippen LogP contribution in [0.1, 0.15) is 42.6 Å². The van der Waals surface area contributed by atoms with Crippen LogP contribution in [0.3, 0.4) is 0 Å². The van der Waals surface area contributed by atoms with Crippen LogP contribution in [-0.4, -0.2) is 17.0 Å². The molecule has 2 aromatic rings. The van der Waals surface area contributed by atoms with Crippen molar-refractivity contribution < 1.29 is 14.6 Å². The third-order valence-electron chi connectivity index (χ3n) is 3.46. The molecule has 0 aromatic heterocycles. The number of carbonyl (C=O) groups excluding carboxylic acids is 1. The Bertz CT molecular complexity index is 581. The molecule has 0 spiro atoms. The van der Waals surface area contributed by atoms with Crippen molar-refractivity contribution in [3.63, 3.8) is 0 Å². The molecule has 0 atom stereocenters. The highest BCUT2D eigenvalue weighted by Gasteiger charge is 2.10. The molecule has 0 amide bonds. The van der Waals surface area contributed by atoms with Crippen molar-refractivity contribution in [2.45, 2.75) is 32.8 Å². The number of hydrogen-bond acceptors (Lipinski definition) is 3. The minimum Gasteiger partial charge on any atom is -0.508 e. The zero-order valence-corrected chi connectivity index (χ0v) is 12.4. The van der Waals surface area contributed by atoms with Gasteiger partial charge in [-0.05, 0) is 61.4 Å². The molecule has 21 heavy (non-hydrogen) atoms. The second-order valence-electron chi connectivity index (χ2n) is 4.96. The van der Waals surface area contributed by atoms with Gasteiger partial charge in [0.25, 0.3) is 0 Å². The van der Waals surface area contributed by atoms with E-state index in [1.807, 2.05) is 12.1 Å². The van der Waals surface area contributed by atoms with Gasteiger partial charge in [0.2, 0.25) is 0 Å². The van der Waals surface area contributed by atoms with Crippen molar-refractivity contribution in [3.05, 3.63) is 59.7 Å². The van der Waals surface area contributed by atoms with E-state index in [2.05, 4.69) is 13.8 Å². The summed E-state index contributed by atoms with van der Waals surface area (Å²) in [5.74, 6) is 0.871. The fourth-order valence-electron chi connectivity index (χ4n) is 2.11. The number of ether oxygens (including phenoxy) is 1. The largest absolute Gasteiger partial charge is 0.508 e. The molecule has 0 saturated heterocycles. The van der Waals surface area contributed by atoms with Gasteiger partial charge >= 0.3 is 0 Å². The Kier molecular flexibility index (Phi) is 4.99. The smallest absolute Gasteiger partial charge is 0.193 e. The number of phenolic OH excluding ortho intramolecular Hbond substituents is 1. The summed E-state index contributed by atoms with van der Waals surface area (Å²) in [5, 5.41) is 9.25. The van der Waals surface area contributed by atoms with Crippen LogP contribution in [0.4, 0.5) is 0 Å². The summed E-state index contributed by atoms with van der Waals surface area (Å²) in [5.41, 5.74) is 1.17. The third kappa shape index (κ3) is 3.85. The lowest BCUT2D eigenvalue weighted by molar-refractivity contribution is 0.103. The van der Waals surface area contributed by atoms with Gasteiger partial charge in [-0.3, -0.25) is 4.79 Å². The number of rotatable bonds is 6. The van der Waals surface area contributed by atoms with Gasteiger partial charge in [-0.15, -0.1) is 0 Å². The molecule has 1 N–H and O–H groups in total. The van der Waals surface area contributed by atoms with Gasteiger partial charge in [0.1, 0.15) is 11.5 Å². The van der Waals surface area contributed by atoms with E-state index in [0.717, 1.165) is 18.6 Å². The molecule has 3 heteroatoms. The lowest BCUT2D eigenvalue weighted by Gasteiger charge is -2.15. The lowest BCUT2D eigenvalue weighted by atomic mass is 10.0. The second-order valence-corrected chi connectivity index (χ2v) is 4.96. The first-order valence-electron chi connectivity index (χ1n) is 7.24. The average Bonchev–Trinajstić information content (AvgIpc) is 2.53. The summed E-state index contributed by atoms with van der Waals surface area (Å²) in [6.45, 7) is 4.19. The molecular formula is C18H20O3. The normalized spacial score (nSPS) is 10.6. The molecule has 0 bridgehead atoms. The van der Waals surface area contributed by atoms with Gasteiger partial charge < -0.3 is 9.84 Å². The first-order valence-corrected chi connectivity index (χ1v) is 7.24. The van der Waals surface area contributed by atoms with E-state index < -0.39 is 0 Å². The fraction of sp³-hybridized carbons (Fsp3) is 0.278. The minimum atomic E-state index is -0.0657. The molecule has 0 heterocycles. The van der Waals surface area contributed by atoms with Gasteiger partial charge in [0.15, 0.2) is 5.78 Å². The highest BCUT2D eigenvalue weighted by atomic mass is 16.5. The van der Waals surface area contributed by atoms with Gasteiger partial charge in [0.05, 0.1) is 6.10 Å². The Balaban J connectivity index is 2.11. The Labute approximate surface area is 125 Å². The highest BCUT2D eigenvalue weighted by molar-refractivity contribution is 6.09. The monoisotopic (exact) mass is 284 g/mol. The van der Waals surface area contributed by atoms with Gasteiger partial charge in [-0.1, -0.05) is 13.8 Å². The topological polar surface area (TPSA) is 46.5 Å². The second kappa shape index (κ2) is 6.93. The van der Waals surface area contributed by atoms with Crippen molar-refractivity contribution in [1.82, 2.24) is 0 Å². The number of hydrogen-bond donors (Lipinski definition) is 1. The van der Waals surface area contributed by atoms with E-state index in [0.29, 0.717) is 11.1 Å². The highest BCUT2D eigenvalue weighted by Crippen LogP contribution is 2.19. The SMILES string of the molecule is CCC(CC)Oc1ccc(C(=O)c2ccc(O)cc2)cc1. The standard InChI is InChI=1S/C18H20O3/c1-3-16(4-2)21-17-11-7-14(8-12-17)18(20)13-5-9-15(19)10-6-13/h5-12,16,19H,3-4H2,1-2H3. The van der Waals surface area contributed by atoms with Crippen LogP contribution in [0.5, 0.6) is 11.5 Å². The lowest BCUT2D eigenvalue weighted by Crippen LogP contribution is -2.13. The van der Waals surface area contributed by atoms with Gasteiger partial charge in [0, 0.05) is 11.1 Å². The van der Waals surface area contributed by atoms with E-state index in [4.69, 9.17) is 4.74 Å². The molecule has 110 valence electrons. The molecule has 0 aliphatic carbocycles. The van der Waals surface area contributed by atoms with Gasteiger partial charge in [-0.2, -0.15) is 0 Å². The average molecular weight is 284 g/mol. The summed E-state index contributed by atoms with van der Waals surface area (Å²) in [7, 11) is 0. The summed E-state index contributed by atoms with van der Waals surface area (Å²) < 4.78 is 5.82. The predicted octanol–water partition coefficient (Wildman–Crippen LogP) is 4.19. The Morgan fingerprint density at radius 2 is 1.43 bits per heavy atom. The molecule has 0 fully saturated rings.